The summed E-state index contributed by atoms with van der Waals surface area (Å²) in [5.74, 6) is -0.159. The zero-order valence-corrected chi connectivity index (χ0v) is 21.4. The SMILES string of the molecule is Nc1ncnc2c1c(-c1ccc(NC(=O)Nc3cc(C4(C(F)(F)F)CC4)on3)c3nccn13)nn2C1CCCNC1. The van der Waals surface area contributed by atoms with Crippen molar-refractivity contribution in [3.8, 4) is 11.4 Å². The molecule has 5 aromatic heterocycles. The van der Waals surface area contributed by atoms with E-state index in [1.165, 1.54) is 6.33 Å². The van der Waals surface area contributed by atoms with E-state index < -0.39 is 17.6 Å². The lowest BCUT2D eigenvalue weighted by Crippen LogP contribution is -2.32. The average Bonchev–Trinajstić information content (AvgIpc) is 3.26. The second-order valence-electron chi connectivity index (χ2n) is 10.2. The van der Waals surface area contributed by atoms with Crippen LogP contribution in [0.3, 0.4) is 0 Å². The number of urea groups is 1. The molecule has 0 bridgehead atoms. The van der Waals surface area contributed by atoms with Crippen LogP contribution in [0, 0.1) is 0 Å². The minimum absolute atomic E-state index is 0.0790. The number of nitrogens with two attached hydrogens (primary N) is 1. The molecule has 0 aromatic carbocycles. The molecule has 16 heteroatoms. The van der Waals surface area contributed by atoms with Gasteiger partial charge in [-0.05, 0) is 44.4 Å². The fourth-order valence-corrected chi connectivity index (χ4v) is 5.40. The maximum Gasteiger partial charge on any atom is 0.401 e. The number of carbonyl (C=O) groups excluding carboxylic acids is 1. The minimum Gasteiger partial charge on any atom is -0.383 e. The summed E-state index contributed by atoms with van der Waals surface area (Å²) in [6.07, 6.45) is 2.05. The van der Waals surface area contributed by atoms with E-state index in [4.69, 9.17) is 15.4 Å². The van der Waals surface area contributed by atoms with Crippen molar-refractivity contribution in [3.63, 3.8) is 0 Å². The minimum atomic E-state index is -4.45. The monoisotopic (exact) mass is 567 g/mol. The number of aromatic nitrogens is 7. The van der Waals surface area contributed by atoms with Gasteiger partial charge in [0, 0.05) is 25.0 Å². The van der Waals surface area contributed by atoms with Gasteiger partial charge >= 0.3 is 12.2 Å². The zero-order valence-electron chi connectivity index (χ0n) is 21.4. The van der Waals surface area contributed by atoms with E-state index in [9.17, 15) is 18.0 Å². The Kier molecular flexibility index (Phi) is 5.64. The lowest BCUT2D eigenvalue weighted by molar-refractivity contribution is -0.165. The molecule has 13 nitrogen and oxygen atoms in total. The van der Waals surface area contributed by atoms with E-state index in [-0.39, 0.29) is 30.5 Å². The van der Waals surface area contributed by atoms with E-state index >= 15 is 0 Å². The van der Waals surface area contributed by atoms with Gasteiger partial charge in [0.15, 0.2) is 22.9 Å². The number of fused-ring (bicyclic) bond motifs is 2. The second-order valence-corrected chi connectivity index (χ2v) is 10.2. The number of nitrogens with zero attached hydrogens (tertiary/aromatic N) is 7. The molecular formula is C25H24F3N11O2. The summed E-state index contributed by atoms with van der Waals surface area (Å²) in [4.78, 5) is 25.8. The molecule has 1 saturated heterocycles. The molecule has 2 fully saturated rings. The van der Waals surface area contributed by atoms with Crippen molar-refractivity contribution >= 4 is 40.0 Å². The van der Waals surface area contributed by atoms with E-state index in [1.54, 1.807) is 28.9 Å². The van der Waals surface area contributed by atoms with Crippen LogP contribution in [-0.4, -0.2) is 59.6 Å². The molecule has 41 heavy (non-hydrogen) atoms. The predicted octanol–water partition coefficient (Wildman–Crippen LogP) is 3.87. The van der Waals surface area contributed by atoms with Gasteiger partial charge in [-0.1, -0.05) is 5.16 Å². The summed E-state index contributed by atoms with van der Waals surface area (Å²) in [6, 6.07) is 3.89. The lowest BCUT2D eigenvalue weighted by Gasteiger charge is -2.23. The van der Waals surface area contributed by atoms with Crippen LogP contribution in [-0.2, 0) is 5.41 Å². The molecule has 1 saturated carbocycles. The molecule has 5 aromatic rings. The van der Waals surface area contributed by atoms with Crippen LogP contribution in [0.5, 0.6) is 0 Å². The molecule has 1 aliphatic carbocycles. The molecule has 0 radical (unpaired) electrons. The maximum absolute atomic E-state index is 13.4. The Bertz CT molecular complexity index is 1780. The quantitative estimate of drug-likeness (QED) is 0.247. The van der Waals surface area contributed by atoms with Gasteiger partial charge < -0.3 is 20.9 Å². The number of nitrogens with one attached hydrogen (secondary N) is 3. The van der Waals surface area contributed by atoms with Crippen LogP contribution >= 0.6 is 0 Å². The molecule has 1 unspecified atom stereocenters. The lowest BCUT2D eigenvalue weighted by atomic mass is 10.0. The number of nitrogen functional groups attached to an aromatic ring is 1. The summed E-state index contributed by atoms with van der Waals surface area (Å²) >= 11 is 0. The van der Waals surface area contributed by atoms with Crippen molar-refractivity contribution in [2.24, 2.45) is 0 Å². The maximum atomic E-state index is 13.4. The molecular weight excluding hydrogens is 543 g/mol. The normalized spacial score (nSPS) is 18.6. The van der Waals surface area contributed by atoms with Crippen molar-refractivity contribution in [1.82, 2.24) is 39.6 Å². The van der Waals surface area contributed by atoms with Crippen LogP contribution in [0.1, 0.15) is 37.5 Å². The van der Waals surface area contributed by atoms with E-state index in [1.807, 2.05) is 4.68 Å². The highest BCUT2D eigenvalue weighted by atomic mass is 19.4. The zero-order chi connectivity index (χ0) is 28.4. The number of pyridine rings is 1. The Morgan fingerprint density at radius 2 is 2.02 bits per heavy atom. The molecule has 2 aliphatic rings. The van der Waals surface area contributed by atoms with Gasteiger partial charge in [0.05, 0.1) is 22.8 Å². The topological polar surface area (TPSA) is 166 Å². The number of piperidine rings is 1. The van der Waals surface area contributed by atoms with Gasteiger partial charge in [0.2, 0.25) is 0 Å². The number of alkyl halides is 3. The number of halogens is 3. The summed E-state index contributed by atoms with van der Waals surface area (Å²) in [7, 11) is 0. The van der Waals surface area contributed by atoms with Crippen molar-refractivity contribution in [2.75, 3.05) is 29.5 Å². The van der Waals surface area contributed by atoms with E-state index in [0.717, 1.165) is 32.0 Å². The van der Waals surface area contributed by atoms with Crippen molar-refractivity contribution in [3.05, 3.63) is 42.7 Å². The number of amides is 2. The highest BCUT2D eigenvalue weighted by molar-refractivity contribution is 6.02. The number of hydrogen-bond acceptors (Lipinski definition) is 9. The van der Waals surface area contributed by atoms with Gasteiger partial charge in [-0.2, -0.15) is 18.3 Å². The van der Waals surface area contributed by atoms with E-state index in [2.05, 4.69) is 36.1 Å². The molecule has 5 N–H and O–H groups in total. The predicted molar refractivity (Wildman–Crippen MR) is 141 cm³/mol. The van der Waals surface area contributed by atoms with Crippen molar-refractivity contribution < 1.29 is 22.5 Å². The number of rotatable bonds is 5. The van der Waals surface area contributed by atoms with Gasteiger partial charge in [0.1, 0.15) is 23.3 Å². The standard InChI is InChI=1S/C25H24F3N11O2/c26-25(27,28)24(5-6-24)16-10-17(37-41-16)35-23(40)34-14-3-4-15(38-9-8-31-21(14)38)19-18-20(29)32-12-33-22(18)39(36-19)13-2-1-7-30-11-13/h3-4,8-10,12-13,30H,1-2,5-7,11H2,(H2,29,32,33)(H2,34,35,37,40). The van der Waals surface area contributed by atoms with Crippen LogP contribution in [0.2, 0.25) is 0 Å². The van der Waals surface area contributed by atoms with Gasteiger partial charge in [-0.25, -0.2) is 24.4 Å². The third kappa shape index (κ3) is 4.13. The Morgan fingerprint density at radius 3 is 2.78 bits per heavy atom. The first-order valence-corrected chi connectivity index (χ1v) is 13.0. The first-order chi connectivity index (χ1) is 19.7. The third-order valence-electron chi connectivity index (χ3n) is 7.69. The first kappa shape index (κ1) is 25.3. The second kappa shape index (κ2) is 9.15. The average molecular weight is 568 g/mol. The third-order valence-corrected chi connectivity index (χ3v) is 7.69. The van der Waals surface area contributed by atoms with E-state index in [0.29, 0.717) is 39.6 Å². The summed E-state index contributed by atoms with van der Waals surface area (Å²) in [5, 5.41) is 17.6. The molecule has 2 amide bonds. The van der Waals surface area contributed by atoms with Crippen LogP contribution < -0.4 is 21.7 Å². The summed E-state index contributed by atoms with van der Waals surface area (Å²) in [5.41, 5.74) is 6.86. The molecule has 7 rings (SSSR count). The highest BCUT2D eigenvalue weighted by Gasteiger charge is 2.66. The number of carbonyl (C=O) groups is 1. The summed E-state index contributed by atoms with van der Waals surface area (Å²) < 4.78 is 48.8. The Morgan fingerprint density at radius 1 is 1.17 bits per heavy atom. The number of imidazole rings is 1. The first-order valence-electron chi connectivity index (χ1n) is 13.0. The number of anilines is 3. The van der Waals surface area contributed by atoms with Gasteiger partial charge in [-0.15, -0.1) is 0 Å². The van der Waals surface area contributed by atoms with Crippen LogP contribution in [0.15, 0.2) is 41.4 Å². The molecule has 0 spiro atoms. The van der Waals surface area contributed by atoms with Crippen molar-refractivity contribution in [2.45, 2.75) is 43.3 Å². The van der Waals surface area contributed by atoms with Gasteiger partial charge in [-0.3, -0.25) is 9.72 Å². The van der Waals surface area contributed by atoms with Crippen LogP contribution in [0.4, 0.5) is 35.3 Å². The Labute approximate surface area is 229 Å². The number of hydrogen-bond donors (Lipinski definition) is 4. The van der Waals surface area contributed by atoms with Crippen molar-refractivity contribution in [1.29, 1.82) is 0 Å². The largest absolute Gasteiger partial charge is 0.401 e. The summed E-state index contributed by atoms with van der Waals surface area (Å²) in [6.45, 7) is 1.70. The smallest absolute Gasteiger partial charge is 0.383 e. The molecule has 6 heterocycles. The molecule has 1 aliphatic heterocycles. The Balaban J connectivity index is 1.18. The molecule has 212 valence electrons. The molecule has 1 atom stereocenters. The fourth-order valence-electron chi connectivity index (χ4n) is 5.40. The highest BCUT2D eigenvalue weighted by Crippen LogP contribution is 2.59. The van der Waals surface area contributed by atoms with Crippen LogP contribution in [0.25, 0.3) is 28.1 Å². The fraction of sp³-hybridized carbons (Fsp3) is 0.360. The van der Waals surface area contributed by atoms with Gasteiger partial charge in [0.25, 0.3) is 0 Å². The Hall–Kier alpha value is -4.73.